The summed E-state index contributed by atoms with van der Waals surface area (Å²) < 4.78 is 11.5. The molecule has 0 radical (unpaired) electrons. The molecule has 3 heterocycles. The highest BCUT2D eigenvalue weighted by molar-refractivity contribution is 6.25. The van der Waals surface area contributed by atoms with Crippen LogP contribution in [0.2, 0.25) is 0 Å². The summed E-state index contributed by atoms with van der Waals surface area (Å²) in [6.45, 7) is 7.29. The minimum Gasteiger partial charge on any atom is -0.508 e. The van der Waals surface area contributed by atoms with Crippen LogP contribution in [-0.4, -0.2) is 65.5 Å². The van der Waals surface area contributed by atoms with E-state index in [9.17, 15) is 14.7 Å². The molecule has 4 aliphatic rings. The van der Waals surface area contributed by atoms with E-state index >= 15 is 14.4 Å². The van der Waals surface area contributed by atoms with Crippen LogP contribution in [0.5, 0.6) is 5.75 Å². The van der Waals surface area contributed by atoms with Gasteiger partial charge in [0.25, 0.3) is 0 Å². The number of ether oxygens (including phenoxy) is 2. The number of imide groups is 1. The molecule has 4 amide bonds. The van der Waals surface area contributed by atoms with E-state index in [0.29, 0.717) is 16.7 Å². The summed E-state index contributed by atoms with van der Waals surface area (Å²) in [5.41, 5.74) is 1.85. The number of hydrogen-bond acceptors (Lipinski definition) is 9. The van der Waals surface area contributed by atoms with Gasteiger partial charge in [0.05, 0.1) is 30.8 Å². The van der Waals surface area contributed by atoms with E-state index in [4.69, 9.17) is 9.47 Å². The molecule has 2 fully saturated rings. The molecule has 12 nitrogen and oxygen atoms in total. The maximum absolute atomic E-state index is 16.3. The average Bonchev–Trinajstić information content (AvgIpc) is 3.76. The molecule has 0 bridgehead atoms. The van der Waals surface area contributed by atoms with Crippen LogP contribution in [0.4, 0.5) is 10.5 Å². The van der Waals surface area contributed by atoms with E-state index in [0.717, 1.165) is 41.7 Å². The van der Waals surface area contributed by atoms with Crippen LogP contribution in [-0.2, 0) is 34.1 Å². The number of fused-ring (bicyclic) bond motifs is 3. The van der Waals surface area contributed by atoms with Crippen LogP contribution in [0.25, 0.3) is 0 Å². The number of morpholine rings is 1. The highest BCUT2D eigenvalue weighted by Gasteiger charge is 2.75. The van der Waals surface area contributed by atoms with Gasteiger partial charge in [-0.3, -0.25) is 19.3 Å². The molecule has 4 aromatic rings. The van der Waals surface area contributed by atoms with Gasteiger partial charge in [-0.05, 0) is 89.8 Å². The standard InChI is InChI=1S/C51H50N4O8/c1-5-29-52-46(57)40-43-48(59)63-44(35-19-13-8-14-20-35)42(34-17-11-7-12-18-34)55(43)45(36-24-26-37(56)27-25-36)51(40)38-30-33(22-21-32-15-9-6-10-16-32)23-28-39(38)54(49(51)60)50(61)53-41(31(2)3)47(58)62-4/h5,7-8,11-15,17-20,23-28,30-31,40-45,56H,1,6,9-10,16,29H2,2-4H3,(H,52,57)(H,53,61)/t40-,41+,42-,43-,44+,45+,51-/m1/s1. The number of carbonyl (C=O) groups excluding carboxylic acids is 5. The van der Waals surface area contributed by atoms with Crippen molar-refractivity contribution in [3.05, 3.63) is 155 Å². The third-order valence-electron chi connectivity index (χ3n) is 12.6. The van der Waals surface area contributed by atoms with Gasteiger partial charge in [0, 0.05) is 12.1 Å². The predicted octanol–water partition coefficient (Wildman–Crippen LogP) is 7.12. The quantitative estimate of drug-likeness (QED) is 0.0908. The van der Waals surface area contributed by atoms with Crippen LogP contribution in [0.1, 0.15) is 85.5 Å². The summed E-state index contributed by atoms with van der Waals surface area (Å²) in [4.78, 5) is 77.4. The molecule has 0 aromatic heterocycles. The Hall–Kier alpha value is -6.97. The Morgan fingerprint density at radius 3 is 2.25 bits per heavy atom. The molecular formula is C51H50N4O8. The van der Waals surface area contributed by atoms with Gasteiger partial charge in [-0.15, -0.1) is 6.58 Å². The maximum Gasteiger partial charge on any atom is 0.329 e. The number of rotatable bonds is 9. The molecule has 7 atom stereocenters. The van der Waals surface area contributed by atoms with Gasteiger partial charge in [-0.25, -0.2) is 14.5 Å². The third kappa shape index (κ3) is 7.56. The van der Waals surface area contributed by atoms with Crippen LogP contribution < -0.4 is 15.5 Å². The molecule has 322 valence electrons. The molecule has 3 aliphatic heterocycles. The summed E-state index contributed by atoms with van der Waals surface area (Å²) in [7, 11) is 1.22. The Balaban J connectivity index is 1.45. The van der Waals surface area contributed by atoms with E-state index in [2.05, 4.69) is 35.1 Å². The van der Waals surface area contributed by atoms with Gasteiger partial charge in [-0.1, -0.05) is 111 Å². The number of anilines is 1. The first-order chi connectivity index (χ1) is 30.5. The summed E-state index contributed by atoms with van der Waals surface area (Å²) in [6, 6.07) is 24.8. The van der Waals surface area contributed by atoms with Crippen molar-refractivity contribution in [1.29, 1.82) is 0 Å². The van der Waals surface area contributed by atoms with Crippen molar-refractivity contribution in [1.82, 2.24) is 15.5 Å². The van der Waals surface area contributed by atoms with Crippen molar-refractivity contribution in [2.45, 2.75) is 75.2 Å². The molecule has 8 rings (SSSR count). The van der Waals surface area contributed by atoms with Gasteiger partial charge in [0.2, 0.25) is 11.8 Å². The van der Waals surface area contributed by atoms with Crippen molar-refractivity contribution in [3.8, 4) is 17.6 Å². The number of phenols is 1. The summed E-state index contributed by atoms with van der Waals surface area (Å²) >= 11 is 0. The molecule has 2 saturated heterocycles. The molecule has 12 heteroatoms. The summed E-state index contributed by atoms with van der Waals surface area (Å²) in [5.74, 6) is 1.73. The molecule has 0 unspecified atom stereocenters. The lowest BCUT2D eigenvalue weighted by atomic mass is 9.65. The number of nitrogens with one attached hydrogen (secondary N) is 2. The number of phenolic OH excluding ortho intramolecular Hbond substituents is 1. The normalized spacial score (nSPS) is 24.3. The number of allylic oxidation sites excluding steroid dienone is 2. The molecule has 1 spiro atoms. The number of esters is 2. The number of aromatic hydroxyl groups is 1. The Kier molecular flexibility index (Phi) is 12.1. The van der Waals surface area contributed by atoms with E-state index in [-0.39, 0.29) is 23.5 Å². The first-order valence-corrected chi connectivity index (χ1v) is 21.3. The van der Waals surface area contributed by atoms with Gasteiger partial charge < -0.3 is 25.2 Å². The monoisotopic (exact) mass is 846 g/mol. The number of amides is 4. The van der Waals surface area contributed by atoms with Crippen molar-refractivity contribution >= 4 is 35.5 Å². The van der Waals surface area contributed by atoms with Crippen LogP contribution in [0, 0.1) is 23.7 Å². The third-order valence-corrected chi connectivity index (χ3v) is 12.6. The molecule has 3 N–H and O–H groups in total. The number of benzene rings is 4. The summed E-state index contributed by atoms with van der Waals surface area (Å²) in [5, 5.41) is 16.3. The van der Waals surface area contributed by atoms with Crippen LogP contribution in [0.3, 0.4) is 0 Å². The van der Waals surface area contributed by atoms with E-state index < -0.39 is 77.3 Å². The van der Waals surface area contributed by atoms with Gasteiger partial charge in [-0.2, -0.15) is 0 Å². The smallest absolute Gasteiger partial charge is 0.329 e. The number of nitrogens with zero attached hydrogens (tertiary/aromatic N) is 2. The second-order valence-electron chi connectivity index (χ2n) is 16.7. The lowest BCUT2D eigenvalue weighted by molar-refractivity contribution is -0.178. The van der Waals surface area contributed by atoms with E-state index in [1.165, 1.54) is 25.3 Å². The van der Waals surface area contributed by atoms with Gasteiger partial charge in [0.15, 0.2) is 0 Å². The van der Waals surface area contributed by atoms with Crippen molar-refractivity contribution < 1.29 is 38.6 Å². The maximum atomic E-state index is 16.3. The van der Waals surface area contributed by atoms with E-state index in [1.54, 1.807) is 44.2 Å². The zero-order chi connectivity index (χ0) is 44.4. The van der Waals surface area contributed by atoms with E-state index in [1.807, 2.05) is 65.6 Å². The Morgan fingerprint density at radius 2 is 1.62 bits per heavy atom. The van der Waals surface area contributed by atoms with Crippen molar-refractivity contribution in [2.24, 2.45) is 11.8 Å². The Morgan fingerprint density at radius 1 is 0.921 bits per heavy atom. The van der Waals surface area contributed by atoms with Gasteiger partial charge >= 0.3 is 18.0 Å². The van der Waals surface area contributed by atoms with Crippen molar-refractivity contribution in [2.75, 3.05) is 18.6 Å². The average molecular weight is 847 g/mol. The molecular weight excluding hydrogens is 797 g/mol. The minimum atomic E-state index is -2.03. The fraction of sp³-hybridized carbons (Fsp3) is 0.314. The molecule has 1 aliphatic carbocycles. The first-order valence-electron chi connectivity index (χ1n) is 21.3. The topological polar surface area (TPSA) is 155 Å². The highest BCUT2D eigenvalue weighted by atomic mass is 16.6. The fourth-order valence-corrected chi connectivity index (χ4v) is 9.85. The largest absolute Gasteiger partial charge is 0.508 e. The zero-order valence-corrected chi connectivity index (χ0v) is 35.5. The highest BCUT2D eigenvalue weighted by Crippen LogP contribution is 2.66. The lowest BCUT2D eigenvalue weighted by Crippen LogP contribution is -2.57. The molecule has 4 aromatic carbocycles. The minimum absolute atomic E-state index is 0.00683. The molecule has 0 saturated carbocycles. The Bertz CT molecular complexity index is 2530. The Labute approximate surface area is 367 Å². The number of methoxy groups -OCH3 is 1. The second-order valence-corrected chi connectivity index (χ2v) is 16.7. The van der Waals surface area contributed by atoms with Crippen LogP contribution >= 0.6 is 0 Å². The summed E-state index contributed by atoms with van der Waals surface area (Å²) in [6.07, 6.45) is 6.59. The number of carbonyl (C=O) groups is 5. The first kappa shape index (κ1) is 42.7. The predicted molar refractivity (Wildman–Crippen MR) is 236 cm³/mol. The SMILES string of the molecule is C=CCNC(=O)[C@H]1[C@@H]2C(=O)O[C@@H](c3ccccc3)[C@@H](c3ccccc3)N2[C@@H](c2ccc(O)cc2)[C@]12C(=O)N(C(=O)N[C@H](C(=O)OC)C(C)C)c1ccc(C#CC3=CCCCC3)cc12. The number of cyclic esters (lactones) is 1. The molecule has 63 heavy (non-hydrogen) atoms. The fourth-order valence-electron chi connectivity index (χ4n) is 9.85. The van der Waals surface area contributed by atoms with Crippen LogP contribution in [0.15, 0.2) is 127 Å². The zero-order valence-electron chi connectivity index (χ0n) is 35.5. The number of hydrogen-bond donors (Lipinski definition) is 3. The van der Waals surface area contributed by atoms with Crippen molar-refractivity contribution in [3.63, 3.8) is 0 Å². The second kappa shape index (κ2) is 17.8. The number of urea groups is 1. The lowest BCUT2D eigenvalue weighted by Gasteiger charge is -2.46. The van der Waals surface area contributed by atoms with Gasteiger partial charge in [0.1, 0.15) is 29.4 Å².